The van der Waals surface area contributed by atoms with E-state index in [-0.39, 0.29) is 44.6 Å². The zero-order valence-electron chi connectivity index (χ0n) is 19.5. The Morgan fingerprint density at radius 2 is 0.721 bits per heavy atom. The van der Waals surface area contributed by atoms with E-state index in [1.54, 1.807) is 12.1 Å². The van der Waals surface area contributed by atoms with Crippen LogP contribution in [0.3, 0.4) is 0 Å². The summed E-state index contributed by atoms with van der Waals surface area (Å²) in [4.78, 5) is 0. The first kappa shape index (κ1) is 57.4. The highest BCUT2D eigenvalue weighted by molar-refractivity contribution is 5.26. The molecule has 0 saturated carbocycles. The topological polar surface area (TPSA) is 337 Å². The third-order valence-electron chi connectivity index (χ3n) is 3.00. The Hall–Kier alpha value is -5.52. The molecule has 1 rings (SSSR count). The first-order chi connectivity index (χ1) is 18.0. The molecule has 0 heterocycles. The highest BCUT2D eigenvalue weighted by atomic mass is 19.2. The van der Waals surface area contributed by atoms with Crippen molar-refractivity contribution in [1.29, 1.82) is 5.53 Å². The van der Waals surface area contributed by atoms with Crippen LogP contribution in [0.5, 0.6) is 0 Å². The first-order valence-electron chi connectivity index (χ1n) is 9.56. The molecule has 0 radical (unpaired) electrons. The molecule has 43 heavy (non-hydrogen) atoms. The highest BCUT2D eigenvalue weighted by Gasteiger charge is 2.11. The molecule has 0 amide bonds. The molecule has 248 valence electrons. The molecule has 0 bridgehead atoms. The number of hydrogen-bond donors (Lipinski definition) is 4. The van der Waals surface area contributed by atoms with E-state index in [0.717, 1.165) is 12.8 Å². The van der Waals surface area contributed by atoms with Crippen molar-refractivity contribution in [3.05, 3.63) is 34.9 Å². The van der Waals surface area contributed by atoms with Crippen LogP contribution >= 0.6 is 0 Å². The van der Waals surface area contributed by atoms with Crippen molar-refractivity contribution in [2.75, 3.05) is 0 Å². The molecule has 1 aromatic rings. The largest absolute Gasteiger partial charge is 0.303 e. The summed E-state index contributed by atoms with van der Waals surface area (Å²) in [5.74, 6) is 12.3. The normalized spacial score (nSPS) is 10.5. The van der Waals surface area contributed by atoms with Gasteiger partial charge in [-0.3, -0.25) is 0 Å². The van der Waals surface area contributed by atoms with Crippen LogP contribution < -0.4 is 17.5 Å². The van der Waals surface area contributed by atoms with Crippen LogP contribution in [-0.2, 0) is 12.8 Å². The van der Waals surface area contributed by atoms with Crippen molar-refractivity contribution >= 4 is 0 Å². The van der Waals surface area contributed by atoms with Gasteiger partial charge in [-0.25, -0.2) is 8.78 Å². The monoisotopic (exact) mass is 623 g/mol. The lowest BCUT2D eigenvalue weighted by atomic mass is 10.0. The van der Waals surface area contributed by atoms with Crippen LogP contribution in [0.1, 0.15) is 82.4 Å². The van der Waals surface area contributed by atoms with Crippen LogP contribution in [0.25, 0.3) is 0 Å². The van der Waals surface area contributed by atoms with Gasteiger partial charge in [0.25, 0.3) is 0 Å². The molecule has 0 aliphatic carbocycles. The second kappa shape index (κ2) is 46.3. The minimum absolute atomic E-state index is 0. The van der Waals surface area contributed by atoms with Crippen molar-refractivity contribution in [1.82, 2.24) is 0 Å². The van der Waals surface area contributed by atoms with Crippen molar-refractivity contribution < 1.29 is 8.78 Å². The van der Waals surface area contributed by atoms with Gasteiger partial charge >= 0.3 is 0 Å². The fourth-order valence-corrected chi connectivity index (χ4v) is 1.84. The SMILES string of the molecule is C.C.C.C.C.C.CCCc1ccc(CCC)c(F)c1F.N/N=N/N=N/N=N/N=N/N=N/N.N=N/N=N/N=N/N=N/N=N/N. The molecule has 0 atom stereocenters. The zero-order valence-corrected chi connectivity index (χ0v) is 19.5. The summed E-state index contributed by atoms with van der Waals surface area (Å²) in [5.41, 5.74) is 7.09. The van der Waals surface area contributed by atoms with Crippen molar-refractivity contribution in [2.24, 2.45) is 117 Å². The van der Waals surface area contributed by atoms with E-state index in [0.29, 0.717) is 24.0 Å². The molecule has 0 aromatic heterocycles. The number of nitrogens with two attached hydrogens (primary N) is 3. The van der Waals surface area contributed by atoms with E-state index in [9.17, 15) is 8.78 Å². The summed E-state index contributed by atoms with van der Waals surface area (Å²) in [6.45, 7) is 3.91. The number of hydrogen-bond acceptors (Lipinski definition) is 4. The third kappa shape index (κ3) is 36.5. The van der Waals surface area contributed by atoms with E-state index in [1.807, 2.05) is 13.8 Å². The van der Waals surface area contributed by atoms with E-state index < -0.39 is 11.6 Å². The Bertz CT molecular complexity index is 947. The molecule has 0 aliphatic rings. The van der Waals surface area contributed by atoms with Gasteiger partial charge in [-0.15, -0.1) is 0 Å². The van der Waals surface area contributed by atoms with Crippen LogP contribution in [0, 0.1) is 17.2 Å². The lowest BCUT2D eigenvalue weighted by Gasteiger charge is -2.06. The fraction of sp³-hybridized carbons (Fsp3) is 0.667. The Kier molecular flexibility index (Phi) is 61.8. The molecular formula is C18H47F2N23. The Labute approximate surface area is 250 Å². The molecule has 0 aliphatic heterocycles. The highest BCUT2D eigenvalue weighted by Crippen LogP contribution is 2.18. The summed E-state index contributed by atoms with van der Waals surface area (Å²) in [6, 6.07) is 3.40. The fourth-order valence-electron chi connectivity index (χ4n) is 1.84. The third-order valence-corrected chi connectivity index (χ3v) is 3.00. The number of nitrogens with one attached hydrogen (secondary N) is 1. The number of aryl methyl sites for hydroxylation is 2. The predicted octanol–water partition coefficient (Wildman–Crippen LogP) is 9.70. The summed E-state index contributed by atoms with van der Waals surface area (Å²) in [7, 11) is 0. The van der Waals surface area contributed by atoms with E-state index >= 15 is 0 Å². The second-order valence-corrected chi connectivity index (χ2v) is 5.30. The maximum Gasteiger partial charge on any atom is 0.162 e. The van der Waals surface area contributed by atoms with Gasteiger partial charge in [0.1, 0.15) is 0 Å². The van der Waals surface area contributed by atoms with Gasteiger partial charge in [-0.2, -0.15) is 5.53 Å². The lowest BCUT2D eigenvalue weighted by Crippen LogP contribution is -1.99. The Morgan fingerprint density at radius 1 is 0.488 bits per heavy atom. The van der Waals surface area contributed by atoms with Gasteiger partial charge in [0, 0.05) is 0 Å². The zero-order chi connectivity index (χ0) is 28.0. The minimum Gasteiger partial charge on any atom is -0.303 e. The maximum absolute atomic E-state index is 13.4. The van der Waals surface area contributed by atoms with Crippen LogP contribution in [0.2, 0.25) is 0 Å². The average Bonchev–Trinajstić information content (AvgIpc) is 2.90. The van der Waals surface area contributed by atoms with E-state index in [1.165, 1.54) is 0 Å². The van der Waals surface area contributed by atoms with E-state index in [2.05, 4.69) is 117 Å². The molecular weight excluding hydrogens is 576 g/mol. The Balaban J connectivity index is -0.0000000671. The summed E-state index contributed by atoms with van der Waals surface area (Å²) in [5, 5.41) is 54.2. The summed E-state index contributed by atoms with van der Waals surface area (Å²) < 4.78 is 26.8. The maximum atomic E-state index is 13.4. The van der Waals surface area contributed by atoms with Crippen LogP contribution in [0.15, 0.2) is 111 Å². The Morgan fingerprint density at radius 3 is 0.930 bits per heavy atom. The van der Waals surface area contributed by atoms with Gasteiger partial charge in [0.15, 0.2) is 11.6 Å². The van der Waals surface area contributed by atoms with Gasteiger partial charge in [0.2, 0.25) is 0 Å². The molecule has 0 spiro atoms. The average molecular weight is 624 g/mol. The molecule has 0 saturated heterocycles. The van der Waals surface area contributed by atoms with Crippen molar-refractivity contribution in [3.63, 3.8) is 0 Å². The second-order valence-electron chi connectivity index (χ2n) is 5.30. The van der Waals surface area contributed by atoms with Gasteiger partial charge in [0.05, 0.1) is 0 Å². The standard InChI is InChI=1S/C12H16F2.6CH4.H4N12.H3N11/c1-3-5-9-7-8-10(6-4-2)12(14)11(9)13;;;;;;;1-3-5-7-9-11-12-10-8-6-4-2;1-3-5-7-9-11-10-8-6-4-2/h7-8H,3-6H2,1-2H3;6*1H4;(H2,1,4,5,8,9,12)(H2,2,3,6,7,10,11);(H3,1,2,5,6,9,10). The predicted molar refractivity (Wildman–Crippen MR) is 156 cm³/mol. The quantitative estimate of drug-likeness (QED) is 0.100. The summed E-state index contributed by atoms with van der Waals surface area (Å²) in [6.07, 6.45) is 2.89. The van der Waals surface area contributed by atoms with Gasteiger partial charge < -0.3 is 17.5 Å². The molecule has 25 heteroatoms. The summed E-state index contributed by atoms with van der Waals surface area (Å²) >= 11 is 0. The minimum atomic E-state index is -0.655. The van der Waals surface area contributed by atoms with E-state index in [4.69, 9.17) is 5.53 Å². The molecule has 7 N–H and O–H groups in total. The van der Waals surface area contributed by atoms with Crippen molar-refractivity contribution in [2.45, 2.75) is 84.1 Å². The smallest absolute Gasteiger partial charge is 0.162 e. The lowest BCUT2D eigenvalue weighted by molar-refractivity contribution is 0.488. The molecule has 0 fully saturated rings. The molecule has 0 unspecified atom stereocenters. The number of benzene rings is 1. The van der Waals surface area contributed by atoms with Crippen molar-refractivity contribution in [3.8, 4) is 0 Å². The van der Waals surface area contributed by atoms with Gasteiger partial charge in [-0.05, 0) is 108 Å². The first-order valence-corrected chi connectivity index (χ1v) is 9.56. The molecule has 23 nitrogen and oxygen atoms in total. The number of rotatable bonds is 12. The van der Waals surface area contributed by atoms with Crippen LogP contribution in [0.4, 0.5) is 8.78 Å². The number of halogens is 2. The van der Waals surface area contributed by atoms with Gasteiger partial charge in [-0.1, -0.05) is 99.1 Å². The molecule has 1 aromatic carbocycles. The number of nitrogens with zero attached hydrogens (tertiary/aromatic N) is 19. The van der Waals surface area contributed by atoms with Crippen LogP contribution in [-0.4, -0.2) is 0 Å².